The second-order valence-corrected chi connectivity index (χ2v) is 5.85. The summed E-state index contributed by atoms with van der Waals surface area (Å²) in [7, 11) is 0. The summed E-state index contributed by atoms with van der Waals surface area (Å²) in [5.74, 6) is 0.388. The smallest absolute Gasteiger partial charge is 0.254 e. The maximum atomic E-state index is 12.7. The number of benzene rings is 1. The van der Waals surface area contributed by atoms with E-state index in [-0.39, 0.29) is 11.8 Å². The Morgan fingerprint density at radius 3 is 2.40 bits per heavy atom. The van der Waals surface area contributed by atoms with E-state index in [0.29, 0.717) is 25.3 Å². The van der Waals surface area contributed by atoms with Gasteiger partial charge in [-0.05, 0) is 38.3 Å². The Labute approximate surface area is 121 Å². The predicted octanol–water partition coefficient (Wildman–Crippen LogP) is 3.05. The number of hydrogen-bond donors (Lipinski definition) is 0. The van der Waals surface area contributed by atoms with Crippen molar-refractivity contribution in [2.24, 2.45) is 5.92 Å². The molecule has 20 heavy (non-hydrogen) atoms. The number of aryl methyl sites for hydroxylation is 3. The van der Waals surface area contributed by atoms with Crippen LogP contribution in [0, 0.1) is 26.7 Å². The van der Waals surface area contributed by atoms with E-state index in [1.54, 1.807) is 0 Å². The van der Waals surface area contributed by atoms with Gasteiger partial charge >= 0.3 is 0 Å². The number of carbonyl (C=O) groups excluding carboxylic acids is 2. The van der Waals surface area contributed by atoms with E-state index < -0.39 is 0 Å². The fourth-order valence-corrected chi connectivity index (χ4v) is 3.13. The molecule has 1 atom stereocenters. The van der Waals surface area contributed by atoms with E-state index in [2.05, 4.69) is 0 Å². The molecule has 0 bridgehead atoms. The number of amides is 1. The van der Waals surface area contributed by atoms with Crippen molar-refractivity contribution < 1.29 is 9.59 Å². The first kappa shape index (κ1) is 14.8. The maximum Gasteiger partial charge on any atom is 0.254 e. The Balaban J connectivity index is 2.26. The highest BCUT2D eigenvalue weighted by atomic mass is 16.2. The number of hydrogen-bond acceptors (Lipinski definition) is 2. The second kappa shape index (κ2) is 5.78. The fraction of sp³-hybridized carbons (Fsp3) is 0.529. The average Bonchev–Trinajstić information content (AvgIpc) is 2.37. The first-order valence-electron chi connectivity index (χ1n) is 7.33. The van der Waals surface area contributed by atoms with Gasteiger partial charge < -0.3 is 4.90 Å². The van der Waals surface area contributed by atoms with E-state index in [1.165, 1.54) is 5.56 Å². The number of piperidine rings is 1. The molecule has 0 saturated carbocycles. The number of ketones is 1. The molecule has 0 N–H and O–H groups in total. The van der Waals surface area contributed by atoms with Crippen LogP contribution in [0.2, 0.25) is 0 Å². The molecule has 0 spiro atoms. The van der Waals surface area contributed by atoms with Crippen molar-refractivity contribution >= 4 is 11.7 Å². The van der Waals surface area contributed by atoms with Gasteiger partial charge in [0.15, 0.2) is 0 Å². The first-order valence-corrected chi connectivity index (χ1v) is 7.33. The van der Waals surface area contributed by atoms with Crippen LogP contribution < -0.4 is 0 Å². The van der Waals surface area contributed by atoms with Crippen LogP contribution in [0.15, 0.2) is 12.1 Å². The molecular weight excluding hydrogens is 250 g/mol. The lowest BCUT2D eigenvalue weighted by molar-refractivity contribution is -0.125. The summed E-state index contributed by atoms with van der Waals surface area (Å²) in [6, 6.07) is 4.10. The van der Waals surface area contributed by atoms with Gasteiger partial charge in [-0.1, -0.05) is 24.6 Å². The molecule has 3 nitrogen and oxygen atoms in total. The number of carbonyl (C=O) groups is 2. The Kier molecular flexibility index (Phi) is 4.26. The van der Waals surface area contributed by atoms with Crippen molar-refractivity contribution in [1.82, 2.24) is 4.90 Å². The van der Waals surface area contributed by atoms with Crippen LogP contribution in [0.4, 0.5) is 0 Å². The highest BCUT2D eigenvalue weighted by Gasteiger charge is 2.30. The van der Waals surface area contributed by atoms with Gasteiger partial charge in [0.2, 0.25) is 0 Å². The molecule has 0 aliphatic carbocycles. The van der Waals surface area contributed by atoms with Gasteiger partial charge in [0.1, 0.15) is 5.78 Å². The van der Waals surface area contributed by atoms with Crippen molar-refractivity contribution in [1.29, 1.82) is 0 Å². The molecule has 3 heteroatoms. The number of Topliss-reactive ketones (excluding diaryl/α,β-unsaturated/α-hetero) is 1. The van der Waals surface area contributed by atoms with Gasteiger partial charge in [-0.15, -0.1) is 0 Å². The molecule has 1 aliphatic rings. The molecule has 0 aromatic heterocycles. The predicted molar refractivity (Wildman–Crippen MR) is 80.0 cm³/mol. The SMILES string of the molecule is CCC1CN(C(=O)c2c(C)cc(C)cc2C)CCC1=O. The number of rotatable bonds is 2. The largest absolute Gasteiger partial charge is 0.337 e. The van der Waals surface area contributed by atoms with Gasteiger partial charge in [-0.25, -0.2) is 0 Å². The van der Waals surface area contributed by atoms with Crippen LogP contribution in [-0.4, -0.2) is 29.7 Å². The molecule has 108 valence electrons. The third-order valence-corrected chi connectivity index (χ3v) is 4.20. The summed E-state index contributed by atoms with van der Waals surface area (Å²) in [5.41, 5.74) is 4.03. The van der Waals surface area contributed by atoms with Crippen molar-refractivity contribution in [2.75, 3.05) is 13.1 Å². The van der Waals surface area contributed by atoms with Gasteiger partial charge in [0.25, 0.3) is 5.91 Å². The third-order valence-electron chi connectivity index (χ3n) is 4.20. The van der Waals surface area contributed by atoms with Gasteiger partial charge in [0, 0.05) is 31.0 Å². The highest BCUT2D eigenvalue weighted by Crippen LogP contribution is 2.22. The first-order chi connectivity index (χ1) is 9.43. The zero-order chi connectivity index (χ0) is 14.9. The Morgan fingerprint density at radius 1 is 1.25 bits per heavy atom. The zero-order valence-corrected chi connectivity index (χ0v) is 12.8. The van der Waals surface area contributed by atoms with E-state index in [0.717, 1.165) is 23.1 Å². The molecule has 1 saturated heterocycles. The van der Waals surface area contributed by atoms with E-state index in [4.69, 9.17) is 0 Å². The standard InChI is InChI=1S/C17H23NO2/c1-5-14-10-18(7-6-15(14)19)17(20)16-12(3)8-11(2)9-13(16)4/h8-9,14H,5-7,10H2,1-4H3. The molecule has 1 aliphatic heterocycles. The molecule has 2 rings (SSSR count). The van der Waals surface area contributed by atoms with Crippen molar-refractivity contribution in [3.05, 3.63) is 34.4 Å². The van der Waals surface area contributed by atoms with Crippen LogP contribution in [0.25, 0.3) is 0 Å². The quantitative estimate of drug-likeness (QED) is 0.830. The van der Waals surface area contributed by atoms with Crippen LogP contribution in [0.1, 0.15) is 46.8 Å². The lowest BCUT2D eigenvalue weighted by Crippen LogP contribution is -2.44. The van der Waals surface area contributed by atoms with Gasteiger partial charge in [-0.2, -0.15) is 0 Å². The maximum absolute atomic E-state index is 12.7. The van der Waals surface area contributed by atoms with Crippen molar-refractivity contribution in [3.63, 3.8) is 0 Å². The lowest BCUT2D eigenvalue weighted by atomic mass is 9.92. The molecule has 1 amide bonds. The van der Waals surface area contributed by atoms with Gasteiger partial charge in [-0.3, -0.25) is 9.59 Å². The summed E-state index contributed by atoms with van der Waals surface area (Å²) >= 11 is 0. The second-order valence-electron chi connectivity index (χ2n) is 5.85. The van der Waals surface area contributed by atoms with E-state index in [1.807, 2.05) is 44.7 Å². The fourth-order valence-electron chi connectivity index (χ4n) is 3.13. The zero-order valence-electron chi connectivity index (χ0n) is 12.8. The minimum atomic E-state index is 0.0127. The Bertz CT molecular complexity index is 525. The van der Waals surface area contributed by atoms with E-state index in [9.17, 15) is 9.59 Å². The third kappa shape index (κ3) is 2.77. The topological polar surface area (TPSA) is 37.4 Å². The minimum Gasteiger partial charge on any atom is -0.337 e. The van der Waals surface area contributed by atoms with Crippen LogP contribution >= 0.6 is 0 Å². The van der Waals surface area contributed by atoms with Crippen molar-refractivity contribution in [3.8, 4) is 0 Å². The summed E-state index contributed by atoms with van der Waals surface area (Å²) in [6.07, 6.45) is 1.31. The monoisotopic (exact) mass is 273 g/mol. The Hall–Kier alpha value is -1.64. The summed E-state index contributed by atoms with van der Waals surface area (Å²) in [5, 5.41) is 0. The molecule has 1 fully saturated rings. The number of likely N-dealkylation sites (tertiary alicyclic amines) is 1. The highest BCUT2D eigenvalue weighted by molar-refractivity contribution is 5.98. The summed E-state index contributed by atoms with van der Waals surface area (Å²) in [6.45, 7) is 9.15. The molecule has 0 radical (unpaired) electrons. The summed E-state index contributed by atoms with van der Waals surface area (Å²) < 4.78 is 0. The molecule has 1 aromatic rings. The van der Waals surface area contributed by atoms with Crippen LogP contribution in [-0.2, 0) is 4.79 Å². The Morgan fingerprint density at radius 2 is 1.85 bits per heavy atom. The number of nitrogens with zero attached hydrogens (tertiary/aromatic N) is 1. The molecule has 1 unspecified atom stereocenters. The minimum absolute atomic E-state index is 0.0127. The van der Waals surface area contributed by atoms with Crippen molar-refractivity contribution in [2.45, 2.75) is 40.5 Å². The summed E-state index contributed by atoms with van der Waals surface area (Å²) in [4.78, 5) is 26.4. The molecule has 1 heterocycles. The van der Waals surface area contributed by atoms with Crippen LogP contribution in [0.3, 0.4) is 0 Å². The normalized spacial score (nSPS) is 19.3. The van der Waals surface area contributed by atoms with Gasteiger partial charge in [0.05, 0.1) is 0 Å². The van der Waals surface area contributed by atoms with Crippen LogP contribution in [0.5, 0.6) is 0 Å². The average molecular weight is 273 g/mol. The van der Waals surface area contributed by atoms with E-state index >= 15 is 0 Å². The molecule has 1 aromatic carbocycles. The lowest BCUT2D eigenvalue weighted by Gasteiger charge is -2.32. The molecular formula is C17H23NO2.